The van der Waals surface area contributed by atoms with Crippen LogP contribution in [0.3, 0.4) is 0 Å². The van der Waals surface area contributed by atoms with Crippen molar-refractivity contribution in [3.8, 4) is 11.4 Å². The van der Waals surface area contributed by atoms with Crippen molar-refractivity contribution in [3.63, 3.8) is 0 Å². The summed E-state index contributed by atoms with van der Waals surface area (Å²) in [6, 6.07) is 3.19. The number of nitrogens with zero attached hydrogens (tertiary/aromatic N) is 4. The predicted molar refractivity (Wildman–Crippen MR) is 71.5 cm³/mol. The van der Waals surface area contributed by atoms with E-state index in [1.807, 2.05) is 0 Å². The fraction of sp³-hybridized carbons (Fsp3) is 0.462. The molecule has 1 aromatic carbocycles. The lowest BCUT2D eigenvalue weighted by molar-refractivity contribution is 0.0548. The van der Waals surface area contributed by atoms with Gasteiger partial charge in [-0.15, -0.1) is 5.10 Å². The molecule has 1 fully saturated rings. The molecule has 0 spiro atoms. The molecule has 0 radical (unpaired) electrons. The molecule has 0 saturated carbocycles. The van der Waals surface area contributed by atoms with Crippen LogP contribution in [-0.4, -0.2) is 33.4 Å². The highest BCUT2D eigenvalue weighted by atomic mass is 19.1. The molecule has 1 aliphatic rings. The van der Waals surface area contributed by atoms with Gasteiger partial charge in [0.05, 0.1) is 18.2 Å². The molecule has 6 nitrogen and oxygen atoms in total. The molecule has 2 heterocycles. The van der Waals surface area contributed by atoms with Gasteiger partial charge in [-0.05, 0) is 47.9 Å². The number of anilines is 1. The lowest BCUT2D eigenvalue weighted by atomic mass is 10.1. The van der Waals surface area contributed by atoms with E-state index in [1.54, 1.807) is 23.7 Å². The summed E-state index contributed by atoms with van der Waals surface area (Å²) in [5.41, 5.74) is 7.10. The SMILES string of the molecule is Cc1cc(N)cc(-c2nnnn2C2CCCOC2)c1F. The fourth-order valence-corrected chi connectivity index (χ4v) is 2.49. The minimum Gasteiger partial charge on any atom is -0.399 e. The third kappa shape index (κ3) is 2.24. The summed E-state index contributed by atoms with van der Waals surface area (Å²) < 4.78 is 21.4. The number of halogens is 1. The van der Waals surface area contributed by atoms with Crippen LogP contribution < -0.4 is 5.73 Å². The van der Waals surface area contributed by atoms with Crippen molar-refractivity contribution in [2.24, 2.45) is 0 Å². The van der Waals surface area contributed by atoms with E-state index < -0.39 is 0 Å². The quantitative estimate of drug-likeness (QED) is 0.845. The van der Waals surface area contributed by atoms with E-state index in [4.69, 9.17) is 10.5 Å². The van der Waals surface area contributed by atoms with E-state index >= 15 is 0 Å². The Kier molecular flexibility index (Phi) is 3.35. The first-order valence-corrected chi connectivity index (χ1v) is 6.58. The Hall–Kier alpha value is -2.02. The van der Waals surface area contributed by atoms with Gasteiger partial charge in [-0.2, -0.15) is 0 Å². The highest BCUT2D eigenvalue weighted by Crippen LogP contribution is 2.29. The van der Waals surface area contributed by atoms with Crippen molar-refractivity contribution < 1.29 is 9.13 Å². The average Bonchev–Trinajstić information content (AvgIpc) is 2.93. The number of hydrogen-bond acceptors (Lipinski definition) is 5. The van der Waals surface area contributed by atoms with Crippen LogP contribution in [-0.2, 0) is 4.74 Å². The summed E-state index contributed by atoms with van der Waals surface area (Å²) in [4.78, 5) is 0. The average molecular weight is 277 g/mol. The van der Waals surface area contributed by atoms with Crippen LogP contribution in [0, 0.1) is 12.7 Å². The molecule has 2 N–H and O–H groups in total. The van der Waals surface area contributed by atoms with Gasteiger partial charge in [-0.1, -0.05) is 0 Å². The van der Waals surface area contributed by atoms with Gasteiger partial charge in [0.1, 0.15) is 5.82 Å². The Morgan fingerprint density at radius 1 is 1.45 bits per heavy atom. The molecule has 20 heavy (non-hydrogen) atoms. The second-order valence-corrected chi connectivity index (χ2v) is 5.02. The zero-order valence-corrected chi connectivity index (χ0v) is 11.2. The molecule has 0 aliphatic carbocycles. The summed E-state index contributed by atoms with van der Waals surface area (Å²) >= 11 is 0. The molecule has 0 bridgehead atoms. The Labute approximate surface area is 115 Å². The number of rotatable bonds is 2. The number of benzene rings is 1. The molecular formula is C13H16FN5O. The highest BCUT2D eigenvalue weighted by molar-refractivity contribution is 5.63. The van der Waals surface area contributed by atoms with Crippen LogP contribution in [0.25, 0.3) is 11.4 Å². The van der Waals surface area contributed by atoms with Gasteiger partial charge in [0, 0.05) is 12.3 Å². The molecular weight excluding hydrogens is 261 g/mol. The maximum Gasteiger partial charge on any atom is 0.185 e. The van der Waals surface area contributed by atoms with Crippen LogP contribution in [0.5, 0.6) is 0 Å². The fourth-order valence-electron chi connectivity index (χ4n) is 2.49. The van der Waals surface area contributed by atoms with Crippen molar-refractivity contribution in [1.29, 1.82) is 0 Å². The smallest absolute Gasteiger partial charge is 0.185 e. The van der Waals surface area contributed by atoms with E-state index in [1.165, 1.54) is 0 Å². The number of ether oxygens (including phenoxy) is 1. The molecule has 3 rings (SSSR count). The number of aromatic nitrogens is 4. The molecule has 1 aliphatic heterocycles. The van der Waals surface area contributed by atoms with Crippen LogP contribution >= 0.6 is 0 Å². The zero-order valence-electron chi connectivity index (χ0n) is 11.2. The lowest BCUT2D eigenvalue weighted by Gasteiger charge is -2.22. The van der Waals surface area contributed by atoms with Gasteiger partial charge in [0.25, 0.3) is 0 Å². The first-order valence-electron chi connectivity index (χ1n) is 6.58. The number of nitrogens with two attached hydrogens (primary N) is 1. The lowest BCUT2D eigenvalue weighted by Crippen LogP contribution is -2.23. The zero-order chi connectivity index (χ0) is 14.1. The van der Waals surface area contributed by atoms with Gasteiger partial charge in [0.2, 0.25) is 0 Å². The summed E-state index contributed by atoms with van der Waals surface area (Å²) in [5.74, 6) is 0.0559. The van der Waals surface area contributed by atoms with Gasteiger partial charge in [0.15, 0.2) is 5.82 Å². The highest BCUT2D eigenvalue weighted by Gasteiger charge is 2.23. The molecule has 1 unspecified atom stereocenters. The van der Waals surface area contributed by atoms with E-state index in [0.717, 1.165) is 19.4 Å². The Bertz CT molecular complexity index is 621. The Balaban J connectivity index is 2.05. The van der Waals surface area contributed by atoms with E-state index in [0.29, 0.717) is 29.2 Å². The van der Waals surface area contributed by atoms with Crippen LogP contribution in [0.4, 0.5) is 10.1 Å². The third-order valence-electron chi connectivity index (χ3n) is 3.49. The molecule has 1 aromatic heterocycles. The topological polar surface area (TPSA) is 78.9 Å². The summed E-state index contributed by atoms with van der Waals surface area (Å²) in [6.45, 7) is 2.97. The molecule has 1 atom stereocenters. The Morgan fingerprint density at radius 2 is 2.30 bits per heavy atom. The second kappa shape index (κ2) is 5.16. The summed E-state index contributed by atoms with van der Waals surface area (Å²) in [5, 5.41) is 11.6. The first-order chi connectivity index (χ1) is 9.66. The van der Waals surface area contributed by atoms with Crippen LogP contribution in [0.1, 0.15) is 24.4 Å². The number of tetrazole rings is 1. The first kappa shape index (κ1) is 13.0. The van der Waals surface area contributed by atoms with Crippen molar-refractivity contribution >= 4 is 5.69 Å². The maximum atomic E-state index is 14.3. The minimum atomic E-state index is -0.341. The standard InChI is InChI=1S/C13H16FN5O/c1-8-5-9(15)6-11(12(8)14)13-16-17-18-19(13)10-3-2-4-20-7-10/h5-6,10H,2-4,7,15H2,1H3. The second-order valence-electron chi connectivity index (χ2n) is 5.02. The number of hydrogen-bond donors (Lipinski definition) is 1. The maximum absolute atomic E-state index is 14.3. The molecule has 2 aromatic rings. The molecule has 1 saturated heterocycles. The van der Waals surface area contributed by atoms with Gasteiger partial charge in [-0.25, -0.2) is 9.07 Å². The number of nitrogen functional groups attached to an aromatic ring is 1. The van der Waals surface area contributed by atoms with Crippen LogP contribution in [0.2, 0.25) is 0 Å². The van der Waals surface area contributed by atoms with Gasteiger partial charge >= 0.3 is 0 Å². The summed E-state index contributed by atoms with van der Waals surface area (Å²) in [7, 11) is 0. The van der Waals surface area contributed by atoms with Crippen LogP contribution in [0.15, 0.2) is 12.1 Å². The van der Waals surface area contributed by atoms with Crippen molar-refractivity contribution in [2.45, 2.75) is 25.8 Å². The molecule has 106 valence electrons. The van der Waals surface area contributed by atoms with Crippen molar-refractivity contribution in [3.05, 3.63) is 23.5 Å². The predicted octanol–water partition coefficient (Wildman–Crippen LogP) is 1.72. The normalized spacial score (nSPS) is 19.2. The van der Waals surface area contributed by atoms with E-state index in [9.17, 15) is 4.39 Å². The summed E-state index contributed by atoms with van der Waals surface area (Å²) in [6.07, 6.45) is 1.86. The minimum absolute atomic E-state index is 0.0369. The molecule has 7 heteroatoms. The van der Waals surface area contributed by atoms with E-state index in [-0.39, 0.29) is 11.9 Å². The third-order valence-corrected chi connectivity index (χ3v) is 3.49. The monoisotopic (exact) mass is 277 g/mol. The number of aryl methyl sites for hydroxylation is 1. The Morgan fingerprint density at radius 3 is 3.05 bits per heavy atom. The molecule has 0 amide bonds. The van der Waals surface area contributed by atoms with Gasteiger partial charge in [-0.3, -0.25) is 0 Å². The van der Waals surface area contributed by atoms with Crippen molar-refractivity contribution in [2.75, 3.05) is 18.9 Å². The van der Waals surface area contributed by atoms with Crippen molar-refractivity contribution in [1.82, 2.24) is 20.2 Å². The largest absolute Gasteiger partial charge is 0.399 e. The van der Waals surface area contributed by atoms with Gasteiger partial charge < -0.3 is 10.5 Å². The van der Waals surface area contributed by atoms with E-state index in [2.05, 4.69) is 15.5 Å².